The van der Waals surface area contributed by atoms with Crippen LogP contribution in [0.15, 0.2) is 12.1 Å². The van der Waals surface area contributed by atoms with E-state index in [9.17, 15) is 0 Å². The second-order valence-corrected chi connectivity index (χ2v) is 6.54. The zero-order valence-corrected chi connectivity index (χ0v) is 13.2. The Hall–Kier alpha value is -0.850. The van der Waals surface area contributed by atoms with Gasteiger partial charge in [-0.05, 0) is 36.3 Å². The van der Waals surface area contributed by atoms with Crippen LogP contribution in [0, 0.1) is 0 Å². The van der Waals surface area contributed by atoms with Gasteiger partial charge in [0, 0.05) is 16.8 Å². The van der Waals surface area contributed by atoms with Gasteiger partial charge in [-0.25, -0.2) is 0 Å². The van der Waals surface area contributed by atoms with Crippen molar-refractivity contribution in [2.24, 2.45) is 0 Å². The highest BCUT2D eigenvalue weighted by atomic mass is 14.7. The zero-order chi connectivity index (χ0) is 13.9. The van der Waals surface area contributed by atoms with E-state index in [0.717, 1.165) is 6.42 Å². The van der Waals surface area contributed by atoms with Crippen molar-refractivity contribution in [2.45, 2.75) is 78.6 Å². The lowest BCUT2D eigenvalue weighted by Crippen LogP contribution is -2.19. The monoisotopic (exact) mass is 247 g/mol. The second-order valence-electron chi connectivity index (χ2n) is 6.54. The lowest BCUT2D eigenvalue weighted by Gasteiger charge is -2.26. The zero-order valence-electron chi connectivity index (χ0n) is 13.2. The molecule has 0 fully saturated rings. The summed E-state index contributed by atoms with van der Waals surface area (Å²) in [7, 11) is 0. The van der Waals surface area contributed by atoms with Crippen LogP contribution in [0.1, 0.15) is 90.1 Å². The maximum atomic E-state index is 4.98. The van der Waals surface area contributed by atoms with Crippen molar-refractivity contribution in [3.8, 4) is 0 Å². The van der Waals surface area contributed by atoms with Gasteiger partial charge in [0.1, 0.15) is 0 Å². The summed E-state index contributed by atoms with van der Waals surface area (Å²) in [5, 5.41) is 0. The topological polar surface area (TPSA) is 12.9 Å². The Balaban J connectivity index is 3.30. The highest BCUT2D eigenvalue weighted by molar-refractivity contribution is 5.32. The molecule has 2 unspecified atom stereocenters. The van der Waals surface area contributed by atoms with Crippen LogP contribution in [0.25, 0.3) is 0 Å². The molecule has 0 bridgehead atoms. The summed E-state index contributed by atoms with van der Waals surface area (Å²) in [5.41, 5.74) is 4.09. The van der Waals surface area contributed by atoms with Gasteiger partial charge in [0.15, 0.2) is 0 Å². The predicted octanol–water partition coefficient (Wildman–Crippen LogP) is 5.41. The van der Waals surface area contributed by atoms with Gasteiger partial charge < -0.3 is 0 Å². The third kappa shape index (κ3) is 3.34. The average molecular weight is 247 g/mol. The fourth-order valence-corrected chi connectivity index (χ4v) is 2.19. The van der Waals surface area contributed by atoms with Crippen LogP contribution in [0.4, 0.5) is 0 Å². The number of hydrogen-bond donors (Lipinski definition) is 0. The molecule has 0 aromatic carbocycles. The predicted molar refractivity (Wildman–Crippen MR) is 80.3 cm³/mol. The summed E-state index contributed by atoms with van der Waals surface area (Å²) in [6.45, 7) is 15.8. The van der Waals surface area contributed by atoms with E-state index >= 15 is 0 Å². The lowest BCUT2D eigenvalue weighted by atomic mass is 9.83. The van der Waals surface area contributed by atoms with Crippen molar-refractivity contribution in [3.63, 3.8) is 0 Å². The molecule has 102 valence electrons. The minimum absolute atomic E-state index is 0.127. The van der Waals surface area contributed by atoms with Crippen molar-refractivity contribution in [1.82, 2.24) is 4.98 Å². The first-order valence-corrected chi connectivity index (χ1v) is 7.32. The normalized spacial score (nSPS) is 15.5. The molecule has 18 heavy (non-hydrogen) atoms. The number of hydrogen-bond acceptors (Lipinski definition) is 1. The second kappa shape index (κ2) is 5.86. The molecule has 0 aliphatic rings. The lowest BCUT2D eigenvalue weighted by molar-refractivity contribution is 0.540. The molecular formula is C17H29N. The van der Waals surface area contributed by atoms with Crippen molar-refractivity contribution in [2.75, 3.05) is 0 Å². The van der Waals surface area contributed by atoms with Crippen LogP contribution in [-0.2, 0) is 5.41 Å². The van der Waals surface area contributed by atoms with Gasteiger partial charge in [-0.1, -0.05) is 54.5 Å². The van der Waals surface area contributed by atoms with Crippen LogP contribution in [0.2, 0.25) is 0 Å². The van der Waals surface area contributed by atoms with Crippen molar-refractivity contribution >= 4 is 0 Å². The molecule has 0 saturated carbocycles. The molecule has 0 saturated heterocycles. The maximum Gasteiger partial charge on any atom is 0.0495 e. The molecule has 0 aliphatic heterocycles. The van der Waals surface area contributed by atoms with Crippen LogP contribution in [0.5, 0.6) is 0 Å². The first-order valence-electron chi connectivity index (χ1n) is 7.32. The molecule has 1 heteroatoms. The number of nitrogens with zero attached hydrogens (tertiary/aromatic N) is 1. The highest BCUT2D eigenvalue weighted by Crippen LogP contribution is 2.32. The molecule has 2 atom stereocenters. The molecule has 1 rings (SSSR count). The molecule has 1 aromatic rings. The van der Waals surface area contributed by atoms with E-state index < -0.39 is 0 Å². The van der Waals surface area contributed by atoms with Crippen LogP contribution >= 0.6 is 0 Å². The van der Waals surface area contributed by atoms with Crippen molar-refractivity contribution < 1.29 is 0 Å². The van der Waals surface area contributed by atoms with Gasteiger partial charge in [0.05, 0.1) is 0 Å². The third-order valence-electron chi connectivity index (χ3n) is 3.92. The molecule has 1 aromatic heterocycles. The third-order valence-corrected chi connectivity index (χ3v) is 3.92. The molecule has 0 radical (unpaired) electrons. The molecule has 0 aliphatic carbocycles. The van der Waals surface area contributed by atoms with Gasteiger partial charge in [-0.3, -0.25) is 4.98 Å². The smallest absolute Gasteiger partial charge is 0.0495 e. The fraction of sp³-hybridized carbons (Fsp3) is 0.706. The summed E-state index contributed by atoms with van der Waals surface area (Å²) in [6.07, 6.45) is 2.33. The Labute approximate surface area is 113 Å². The van der Waals surface area contributed by atoms with Crippen molar-refractivity contribution in [3.05, 3.63) is 29.1 Å². The van der Waals surface area contributed by atoms with Gasteiger partial charge >= 0.3 is 0 Å². The summed E-state index contributed by atoms with van der Waals surface area (Å²) in [4.78, 5) is 4.98. The average Bonchev–Trinajstić information content (AvgIpc) is 2.35. The minimum Gasteiger partial charge on any atom is -0.257 e. The van der Waals surface area contributed by atoms with E-state index in [1.54, 1.807) is 0 Å². The molecular weight excluding hydrogens is 218 g/mol. The summed E-state index contributed by atoms with van der Waals surface area (Å²) >= 11 is 0. The van der Waals surface area contributed by atoms with E-state index in [0.29, 0.717) is 11.8 Å². The Morgan fingerprint density at radius 2 is 1.56 bits per heavy atom. The first kappa shape index (κ1) is 15.2. The van der Waals surface area contributed by atoms with Gasteiger partial charge in [-0.2, -0.15) is 0 Å². The Morgan fingerprint density at radius 3 is 2.00 bits per heavy atom. The van der Waals surface area contributed by atoms with Gasteiger partial charge in [-0.15, -0.1) is 0 Å². The van der Waals surface area contributed by atoms with E-state index in [1.165, 1.54) is 23.4 Å². The van der Waals surface area contributed by atoms with Crippen LogP contribution < -0.4 is 0 Å². The molecule has 1 nitrogen and oxygen atoms in total. The summed E-state index contributed by atoms with van der Waals surface area (Å²) in [5.74, 6) is 1.15. The molecule has 0 amide bonds. The van der Waals surface area contributed by atoms with Crippen LogP contribution in [-0.4, -0.2) is 4.98 Å². The number of rotatable bonds is 4. The Kier molecular flexibility index (Phi) is 4.95. The van der Waals surface area contributed by atoms with Gasteiger partial charge in [0.2, 0.25) is 0 Å². The van der Waals surface area contributed by atoms with Crippen LogP contribution in [0.3, 0.4) is 0 Å². The Bertz CT molecular complexity index is 387. The molecule has 1 heterocycles. The van der Waals surface area contributed by atoms with Gasteiger partial charge in [0.25, 0.3) is 0 Å². The molecule has 0 spiro atoms. The Morgan fingerprint density at radius 1 is 1.00 bits per heavy atom. The SMILES string of the molecule is CCC(C)c1ccc(C(C)CC)c(C(C)(C)C)n1. The quantitative estimate of drug-likeness (QED) is 0.693. The van der Waals surface area contributed by atoms with E-state index in [-0.39, 0.29) is 5.41 Å². The van der Waals surface area contributed by atoms with Crippen molar-refractivity contribution in [1.29, 1.82) is 0 Å². The van der Waals surface area contributed by atoms with E-state index in [4.69, 9.17) is 4.98 Å². The highest BCUT2D eigenvalue weighted by Gasteiger charge is 2.23. The largest absolute Gasteiger partial charge is 0.257 e. The first-order chi connectivity index (χ1) is 8.31. The maximum absolute atomic E-state index is 4.98. The minimum atomic E-state index is 0.127. The standard InChI is InChI=1S/C17H29N/c1-8-12(3)14-10-11-15(13(4)9-2)18-16(14)17(5,6)7/h10-13H,8-9H2,1-7H3. The van der Waals surface area contributed by atoms with E-state index in [1.807, 2.05) is 0 Å². The fourth-order valence-electron chi connectivity index (χ4n) is 2.19. The number of pyridine rings is 1. The molecule has 0 N–H and O–H groups in total. The summed E-state index contributed by atoms with van der Waals surface area (Å²) in [6, 6.07) is 4.54. The summed E-state index contributed by atoms with van der Waals surface area (Å²) < 4.78 is 0. The van der Waals surface area contributed by atoms with E-state index in [2.05, 4.69) is 60.6 Å². The number of aromatic nitrogens is 1.